The number of rotatable bonds is 7. The van der Waals surface area contributed by atoms with Gasteiger partial charge in [0, 0.05) is 38.1 Å². The van der Waals surface area contributed by atoms with Gasteiger partial charge < -0.3 is 25.4 Å². The Kier molecular flexibility index (Phi) is 10.4. The number of aromatic hydroxyl groups is 1. The molecule has 1 atom stereocenters. The molecule has 1 unspecified atom stereocenters. The van der Waals surface area contributed by atoms with Crippen molar-refractivity contribution in [2.75, 3.05) is 33.3 Å². The Hall–Kier alpha value is -1.71. The van der Waals surface area contributed by atoms with Crippen molar-refractivity contribution in [2.24, 2.45) is 10.9 Å². The van der Waals surface area contributed by atoms with Crippen LogP contribution in [0.3, 0.4) is 0 Å². The van der Waals surface area contributed by atoms with E-state index in [0.29, 0.717) is 12.3 Å². The van der Waals surface area contributed by atoms with Crippen molar-refractivity contribution in [2.45, 2.75) is 39.7 Å². The van der Waals surface area contributed by atoms with Gasteiger partial charge in [0.25, 0.3) is 0 Å². The third-order valence-corrected chi connectivity index (χ3v) is 4.59. The summed E-state index contributed by atoms with van der Waals surface area (Å²) >= 11 is 0. The van der Waals surface area contributed by atoms with E-state index in [-0.39, 0.29) is 47.6 Å². The molecule has 0 bridgehead atoms. The molecule has 1 aliphatic rings. The summed E-state index contributed by atoms with van der Waals surface area (Å²) in [5.41, 5.74) is 1.05. The normalized spacial score (nSPS) is 16.7. The number of guanidine groups is 1. The van der Waals surface area contributed by atoms with Crippen LogP contribution in [-0.2, 0) is 11.2 Å². The van der Waals surface area contributed by atoms with Gasteiger partial charge in [0.1, 0.15) is 0 Å². The van der Waals surface area contributed by atoms with Gasteiger partial charge in [-0.15, -0.1) is 24.0 Å². The average molecular weight is 504 g/mol. The van der Waals surface area contributed by atoms with Crippen molar-refractivity contribution < 1.29 is 14.6 Å². The lowest BCUT2D eigenvalue weighted by atomic mass is 10.1. The zero-order valence-electron chi connectivity index (χ0n) is 17.2. The van der Waals surface area contributed by atoms with E-state index >= 15 is 0 Å². The van der Waals surface area contributed by atoms with E-state index in [1.54, 1.807) is 13.2 Å². The third kappa shape index (κ3) is 7.03. The number of nitrogens with zero attached hydrogens (tertiary/aromatic N) is 2. The first-order valence-electron chi connectivity index (χ1n) is 9.64. The third-order valence-electron chi connectivity index (χ3n) is 4.59. The minimum Gasteiger partial charge on any atom is -0.504 e. The lowest BCUT2D eigenvalue weighted by molar-refractivity contribution is -0.133. The molecule has 1 fully saturated rings. The van der Waals surface area contributed by atoms with Crippen LogP contribution in [0.25, 0.3) is 0 Å². The number of methoxy groups -OCH3 is 1. The first-order valence-corrected chi connectivity index (χ1v) is 9.64. The number of phenols is 1. The number of nitrogens with one attached hydrogen (secondary N) is 2. The van der Waals surface area contributed by atoms with E-state index in [1.807, 2.05) is 37.8 Å². The molecule has 1 saturated heterocycles. The molecule has 1 aromatic carbocycles. The van der Waals surface area contributed by atoms with Crippen LogP contribution in [0.15, 0.2) is 23.2 Å². The first kappa shape index (κ1) is 24.3. The minimum atomic E-state index is 0. The van der Waals surface area contributed by atoms with E-state index < -0.39 is 0 Å². The van der Waals surface area contributed by atoms with Crippen molar-refractivity contribution in [3.05, 3.63) is 23.8 Å². The summed E-state index contributed by atoms with van der Waals surface area (Å²) in [6.07, 6.45) is 1.67. The lowest BCUT2D eigenvalue weighted by Crippen LogP contribution is -2.45. The van der Waals surface area contributed by atoms with Gasteiger partial charge in [0.05, 0.1) is 7.11 Å². The van der Waals surface area contributed by atoms with Crippen LogP contribution in [0, 0.1) is 5.92 Å². The summed E-state index contributed by atoms with van der Waals surface area (Å²) in [4.78, 5) is 18.7. The summed E-state index contributed by atoms with van der Waals surface area (Å²) < 4.78 is 5.14. The molecule has 0 radical (unpaired) electrons. The molecule has 158 valence electrons. The van der Waals surface area contributed by atoms with E-state index in [4.69, 9.17) is 4.74 Å². The zero-order chi connectivity index (χ0) is 19.8. The molecule has 0 aliphatic carbocycles. The van der Waals surface area contributed by atoms with Gasteiger partial charge in [-0.1, -0.05) is 19.9 Å². The van der Waals surface area contributed by atoms with Gasteiger partial charge in [0.2, 0.25) is 5.91 Å². The number of carbonyl (C=O) groups is 1. The van der Waals surface area contributed by atoms with E-state index in [0.717, 1.165) is 44.0 Å². The number of aliphatic imine (C=N–C) groups is 1. The number of hydrogen-bond donors (Lipinski definition) is 3. The molecule has 1 heterocycles. The van der Waals surface area contributed by atoms with Gasteiger partial charge >= 0.3 is 0 Å². The van der Waals surface area contributed by atoms with Crippen LogP contribution >= 0.6 is 24.0 Å². The highest BCUT2D eigenvalue weighted by Gasteiger charge is 2.27. The highest BCUT2D eigenvalue weighted by atomic mass is 127. The van der Waals surface area contributed by atoms with Gasteiger partial charge in [-0.3, -0.25) is 9.79 Å². The van der Waals surface area contributed by atoms with Crippen molar-refractivity contribution in [1.82, 2.24) is 15.5 Å². The summed E-state index contributed by atoms with van der Waals surface area (Å²) in [6.45, 7) is 8.81. The van der Waals surface area contributed by atoms with Crippen LogP contribution in [0.2, 0.25) is 0 Å². The Labute approximate surface area is 185 Å². The summed E-state index contributed by atoms with van der Waals surface area (Å²) in [6, 6.07) is 5.57. The smallest absolute Gasteiger partial charge is 0.225 e. The minimum absolute atomic E-state index is 0. The highest BCUT2D eigenvalue weighted by molar-refractivity contribution is 14.0. The molecule has 0 aromatic heterocycles. The molecule has 8 heteroatoms. The highest BCUT2D eigenvalue weighted by Crippen LogP contribution is 2.26. The van der Waals surface area contributed by atoms with Crippen LogP contribution in [0.5, 0.6) is 11.5 Å². The fourth-order valence-corrected chi connectivity index (χ4v) is 3.13. The number of hydrogen-bond acceptors (Lipinski definition) is 4. The van der Waals surface area contributed by atoms with Gasteiger partial charge in [-0.2, -0.15) is 0 Å². The van der Waals surface area contributed by atoms with Crippen LogP contribution < -0.4 is 15.4 Å². The molecule has 0 spiro atoms. The quantitative estimate of drug-likeness (QED) is 0.302. The second kappa shape index (κ2) is 12.0. The monoisotopic (exact) mass is 504 g/mol. The molecule has 2 rings (SSSR count). The molecular formula is C20H33IN4O3. The van der Waals surface area contributed by atoms with E-state index in [1.165, 1.54) is 0 Å². The molecule has 7 nitrogen and oxygen atoms in total. The first-order chi connectivity index (χ1) is 12.9. The standard InChI is InChI=1S/C20H32N4O3.HI/c1-5-21-20(23-16-9-11-24(13-16)19(26)14(2)3)22-10-8-15-6-7-17(25)18(12-15)27-4;/h6-7,12,14,16,25H,5,8-11,13H2,1-4H3,(H2,21,22,23);1H. The van der Waals surface area contributed by atoms with Crippen LogP contribution in [0.4, 0.5) is 0 Å². The molecule has 1 aliphatic heterocycles. The number of halogens is 1. The molecule has 1 aromatic rings. The lowest BCUT2D eigenvalue weighted by Gasteiger charge is -2.20. The molecule has 1 amide bonds. The number of phenolic OH excluding ortho intramolecular Hbond substituents is 1. The second-order valence-electron chi connectivity index (χ2n) is 7.09. The molecule has 3 N–H and O–H groups in total. The predicted molar refractivity (Wildman–Crippen MR) is 123 cm³/mol. The van der Waals surface area contributed by atoms with Crippen molar-refractivity contribution >= 4 is 35.8 Å². The zero-order valence-corrected chi connectivity index (χ0v) is 19.5. The van der Waals surface area contributed by atoms with Gasteiger partial charge in [-0.05, 0) is 37.5 Å². The average Bonchev–Trinajstić information content (AvgIpc) is 3.10. The number of carbonyl (C=O) groups excluding carboxylic acids is 1. The number of ether oxygens (including phenoxy) is 1. The maximum atomic E-state index is 12.1. The van der Waals surface area contributed by atoms with Gasteiger partial charge in [-0.25, -0.2) is 0 Å². The Morgan fingerprint density at radius 3 is 2.82 bits per heavy atom. The van der Waals surface area contributed by atoms with Crippen LogP contribution in [-0.4, -0.2) is 61.2 Å². The maximum absolute atomic E-state index is 12.1. The Balaban J connectivity index is 0.00000392. The van der Waals surface area contributed by atoms with Crippen molar-refractivity contribution in [1.29, 1.82) is 0 Å². The SMILES string of the molecule is CCNC(=NCCc1ccc(O)c(OC)c1)NC1CCN(C(=O)C(C)C)C1.I. The summed E-state index contributed by atoms with van der Waals surface area (Å²) in [5.74, 6) is 1.63. The van der Waals surface area contributed by atoms with Crippen molar-refractivity contribution in [3.8, 4) is 11.5 Å². The Morgan fingerprint density at radius 2 is 2.18 bits per heavy atom. The Bertz CT molecular complexity index is 667. The largest absolute Gasteiger partial charge is 0.504 e. The maximum Gasteiger partial charge on any atom is 0.225 e. The topological polar surface area (TPSA) is 86.2 Å². The number of amides is 1. The summed E-state index contributed by atoms with van der Waals surface area (Å²) in [7, 11) is 1.54. The summed E-state index contributed by atoms with van der Waals surface area (Å²) in [5, 5.41) is 16.4. The molecule has 28 heavy (non-hydrogen) atoms. The van der Waals surface area contributed by atoms with Crippen molar-refractivity contribution in [3.63, 3.8) is 0 Å². The molecular weight excluding hydrogens is 471 g/mol. The Morgan fingerprint density at radius 1 is 1.43 bits per heavy atom. The number of benzene rings is 1. The fourth-order valence-electron chi connectivity index (χ4n) is 3.13. The predicted octanol–water partition coefficient (Wildman–Crippen LogP) is 2.37. The molecule has 0 saturated carbocycles. The van der Waals surface area contributed by atoms with E-state index in [2.05, 4.69) is 15.6 Å². The van der Waals surface area contributed by atoms with Gasteiger partial charge in [0.15, 0.2) is 17.5 Å². The fraction of sp³-hybridized carbons (Fsp3) is 0.600. The number of likely N-dealkylation sites (tertiary alicyclic amines) is 1. The van der Waals surface area contributed by atoms with Crippen LogP contribution in [0.1, 0.15) is 32.8 Å². The second-order valence-corrected chi connectivity index (χ2v) is 7.09. The van der Waals surface area contributed by atoms with E-state index in [9.17, 15) is 9.90 Å².